The Morgan fingerprint density at radius 1 is 0.833 bits per heavy atom. The van der Waals surface area contributed by atoms with Gasteiger partial charge in [-0.2, -0.15) is 0 Å². The van der Waals surface area contributed by atoms with Gasteiger partial charge in [-0.05, 0) is 35.7 Å². The van der Waals surface area contributed by atoms with E-state index in [1.807, 2.05) is 18.2 Å². The number of primary amides is 1. The minimum atomic E-state index is -1.40. The number of aromatic hydroxyl groups is 1. The van der Waals surface area contributed by atoms with E-state index in [-0.39, 0.29) is 31.4 Å². The van der Waals surface area contributed by atoms with E-state index in [2.05, 4.69) is 20.9 Å². The molecule has 0 saturated heterocycles. The Bertz CT molecular complexity index is 1420. The number of aliphatic hydroxyl groups excluding tert-OH is 1. The fourth-order valence-electron chi connectivity index (χ4n) is 4.26. The molecule has 224 valence electrons. The lowest BCUT2D eigenvalue weighted by molar-refractivity contribution is -0.142. The molecule has 1 heterocycles. The number of carbonyl (C=O) groups is 5. The van der Waals surface area contributed by atoms with Gasteiger partial charge in [-0.25, -0.2) is 4.79 Å². The number of phenols is 1. The van der Waals surface area contributed by atoms with Crippen molar-refractivity contribution in [1.82, 2.24) is 20.9 Å². The molecule has 0 saturated carbocycles. The number of nitrogens with one attached hydrogen (secondary N) is 4. The smallest absolute Gasteiger partial charge is 0.326 e. The van der Waals surface area contributed by atoms with Crippen LogP contribution in [0.2, 0.25) is 0 Å². The normalized spacial score (nSPS) is 13.9. The second kappa shape index (κ2) is 14.6. The van der Waals surface area contributed by atoms with E-state index in [1.54, 1.807) is 12.3 Å². The van der Waals surface area contributed by atoms with Gasteiger partial charge in [0.1, 0.15) is 29.9 Å². The molecule has 0 spiro atoms. The zero-order valence-electron chi connectivity index (χ0n) is 22.6. The van der Waals surface area contributed by atoms with E-state index in [0.29, 0.717) is 11.1 Å². The highest BCUT2D eigenvalue weighted by Crippen LogP contribution is 2.19. The van der Waals surface area contributed by atoms with Crippen LogP contribution in [0, 0.1) is 0 Å². The van der Waals surface area contributed by atoms with Crippen LogP contribution >= 0.6 is 0 Å². The van der Waals surface area contributed by atoms with Crippen LogP contribution in [-0.4, -0.2) is 80.7 Å². The van der Waals surface area contributed by atoms with Gasteiger partial charge in [0.25, 0.3) is 0 Å². The van der Waals surface area contributed by atoms with Gasteiger partial charge in [0.15, 0.2) is 0 Å². The van der Waals surface area contributed by atoms with Crippen LogP contribution in [0.25, 0.3) is 10.9 Å². The first-order chi connectivity index (χ1) is 20.0. The van der Waals surface area contributed by atoms with Crippen molar-refractivity contribution in [3.63, 3.8) is 0 Å². The van der Waals surface area contributed by atoms with E-state index in [9.17, 15) is 39.3 Å². The highest BCUT2D eigenvalue weighted by molar-refractivity contribution is 5.95. The van der Waals surface area contributed by atoms with Crippen molar-refractivity contribution < 1.29 is 39.3 Å². The number of carboxylic acid groups (broad SMARTS) is 1. The van der Waals surface area contributed by atoms with Gasteiger partial charge < -0.3 is 47.7 Å². The third-order valence-electron chi connectivity index (χ3n) is 6.57. The average molecular weight is 583 g/mol. The Hall–Kier alpha value is -4.95. The lowest BCUT2D eigenvalue weighted by Gasteiger charge is -2.25. The van der Waals surface area contributed by atoms with E-state index < -0.39 is 60.4 Å². The molecule has 0 bridgehead atoms. The van der Waals surface area contributed by atoms with Crippen LogP contribution in [0.15, 0.2) is 54.7 Å². The van der Waals surface area contributed by atoms with Gasteiger partial charge in [0, 0.05) is 36.4 Å². The summed E-state index contributed by atoms with van der Waals surface area (Å²) in [4.78, 5) is 65.7. The Kier molecular flexibility index (Phi) is 11.0. The van der Waals surface area contributed by atoms with E-state index in [1.165, 1.54) is 24.3 Å². The number of aromatic nitrogens is 1. The molecule has 2 aromatic carbocycles. The number of hydrogen-bond donors (Lipinski definition) is 9. The molecule has 11 N–H and O–H groups in total. The third-order valence-corrected chi connectivity index (χ3v) is 6.57. The number of amides is 4. The summed E-state index contributed by atoms with van der Waals surface area (Å²) in [6.07, 6.45) is 0.963. The molecule has 4 amide bonds. The van der Waals surface area contributed by atoms with E-state index >= 15 is 0 Å². The van der Waals surface area contributed by atoms with Crippen LogP contribution in [-0.2, 0) is 36.8 Å². The molecule has 14 heteroatoms. The predicted molar refractivity (Wildman–Crippen MR) is 151 cm³/mol. The number of H-pyrrole nitrogens is 1. The summed E-state index contributed by atoms with van der Waals surface area (Å²) < 4.78 is 0. The predicted octanol–water partition coefficient (Wildman–Crippen LogP) is -1.22. The quantitative estimate of drug-likeness (QED) is 0.104. The molecule has 0 aliphatic carbocycles. The van der Waals surface area contributed by atoms with Crippen LogP contribution in [0.4, 0.5) is 0 Å². The van der Waals surface area contributed by atoms with Gasteiger partial charge in [-0.3, -0.25) is 19.2 Å². The van der Waals surface area contributed by atoms with Crippen LogP contribution in [0.1, 0.15) is 24.0 Å². The standard InChI is InChI=1S/C28H34N6O8/c29-19(14-35)25(38)33-22(12-16-13-31-20-4-2-1-3-18(16)20)27(40)32-21(9-10-24(30)37)26(39)34-23(28(41)42)11-15-5-7-17(36)8-6-15/h1-8,13,19,21-23,31,35-36H,9-12,14,29H2,(H2,30,37)(H,32,40)(H,33,38)(H,34,39)(H,41,42). The molecule has 14 nitrogen and oxygen atoms in total. The Morgan fingerprint density at radius 2 is 1.45 bits per heavy atom. The van der Waals surface area contributed by atoms with Gasteiger partial charge in [0.05, 0.1) is 6.61 Å². The lowest BCUT2D eigenvalue weighted by atomic mass is 10.0. The fraction of sp³-hybridized carbons (Fsp3) is 0.321. The first kappa shape index (κ1) is 31.6. The first-order valence-corrected chi connectivity index (χ1v) is 13.1. The Labute approximate surface area is 240 Å². The van der Waals surface area contributed by atoms with Crippen LogP contribution in [0.3, 0.4) is 0 Å². The summed E-state index contributed by atoms with van der Waals surface area (Å²) in [5.74, 6) is -4.63. The molecule has 0 aliphatic heterocycles. The number of carboxylic acids is 1. The number of aliphatic carboxylic acids is 1. The molecule has 4 unspecified atom stereocenters. The van der Waals surface area contributed by atoms with Crippen LogP contribution in [0.5, 0.6) is 5.75 Å². The van der Waals surface area contributed by atoms with Gasteiger partial charge in [0.2, 0.25) is 23.6 Å². The van der Waals surface area contributed by atoms with Crippen molar-refractivity contribution in [2.24, 2.45) is 11.5 Å². The average Bonchev–Trinajstić information content (AvgIpc) is 3.37. The molecule has 42 heavy (non-hydrogen) atoms. The number of rotatable bonds is 15. The maximum atomic E-state index is 13.5. The second-order valence-electron chi connectivity index (χ2n) is 9.75. The Morgan fingerprint density at radius 3 is 2.10 bits per heavy atom. The van der Waals surface area contributed by atoms with Crippen molar-refractivity contribution >= 4 is 40.5 Å². The zero-order valence-corrected chi connectivity index (χ0v) is 22.6. The molecule has 0 aliphatic rings. The number of phenolic OH excluding ortho intramolecular Hbond substituents is 1. The van der Waals surface area contributed by atoms with Crippen LogP contribution < -0.4 is 27.4 Å². The number of fused-ring (bicyclic) bond motifs is 1. The minimum Gasteiger partial charge on any atom is -0.508 e. The molecule has 0 radical (unpaired) electrons. The maximum absolute atomic E-state index is 13.5. The monoisotopic (exact) mass is 582 g/mol. The van der Waals surface area contributed by atoms with E-state index in [0.717, 1.165) is 10.9 Å². The zero-order chi connectivity index (χ0) is 30.8. The van der Waals surface area contributed by atoms with Crippen molar-refractivity contribution in [2.75, 3.05) is 6.61 Å². The molecule has 3 aromatic rings. The summed E-state index contributed by atoms with van der Waals surface area (Å²) in [5.41, 5.74) is 12.9. The van der Waals surface area contributed by atoms with Crippen molar-refractivity contribution in [1.29, 1.82) is 0 Å². The number of nitrogens with two attached hydrogens (primary N) is 2. The van der Waals surface area contributed by atoms with Gasteiger partial charge in [-0.1, -0.05) is 30.3 Å². The molecule has 4 atom stereocenters. The number of carbonyl (C=O) groups excluding carboxylic acids is 4. The fourth-order valence-corrected chi connectivity index (χ4v) is 4.26. The highest BCUT2D eigenvalue weighted by atomic mass is 16.4. The SMILES string of the molecule is NC(=O)CCC(NC(=O)C(Cc1c[nH]c2ccccc12)NC(=O)C(N)CO)C(=O)NC(Cc1ccc(O)cc1)C(=O)O. The highest BCUT2D eigenvalue weighted by Gasteiger charge is 2.31. The van der Waals surface area contributed by atoms with Crippen molar-refractivity contribution in [3.8, 4) is 5.75 Å². The lowest BCUT2D eigenvalue weighted by Crippen LogP contribution is -2.58. The maximum Gasteiger partial charge on any atom is 0.326 e. The Balaban J connectivity index is 1.82. The molecular weight excluding hydrogens is 548 g/mol. The molecule has 0 fully saturated rings. The summed E-state index contributed by atoms with van der Waals surface area (Å²) in [6, 6.07) is 7.65. The summed E-state index contributed by atoms with van der Waals surface area (Å²) >= 11 is 0. The number of aromatic amines is 1. The van der Waals surface area contributed by atoms with Gasteiger partial charge in [-0.15, -0.1) is 0 Å². The second-order valence-corrected chi connectivity index (χ2v) is 9.75. The summed E-state index contributed by atoms with van der Waals surface area (Å²) in [7, 11) is 0. The van der Waals surface area contributed by atoms with Gasteiger partial charge >= 0.3 is 5.97 Å². The topological polar surface area (TPSA) is 250 Å². The molecule has 1 aromatic heterocycles. The third kappa shape index (κ3) is 8.78. The molecular formula is C28H34N6O8. The number of para-hydroxylation sites is 1. The van der Waals surface area contributed by atoms with Crippen molar-refractivity contribution in [2.45, 2.75) is 49.9 Å². The number of aliphatic hydroxyl groups is 1. The number of hydrogen-bond acceptors (Lipinski definition) is 8. The summed E-state index contributed by atoms with van der Waals surface area (Å²) in [6.45, 7) is -0.672. The number of benzene rings is 2. The van der Waals surface area contributed by atoms with E-state index in [4.69, 9.17) is 11.5 Å². The van der Waals surface area contributed by atoms with Crippen molar-refractivity contribution in [3.05, 3.63) is 65.9 Å². The first-order valence-electron chi connectivity index (χ1n) is 13.1. The molecule has 3 rings (SSSR count). The summed E-state index contributed by atoms with van der Waals surface area (Å²) in [5, 5.41) is 36.6. The largest absolute Gasteiger partial charge is 0.508 e. The minimum absolute atomic E-state index is 0.0156.